The SMILES string of the molecule is CO[C@@H]1O[C@H](CO)[C@H](O[C@@H]2O[C@H](CSCCCCCS[C@@H]3[C@H](O)[C@@H](NC(C)=O)[C@H]([C@H](O)[C@H](O)CO)O[C@]3(OP(=O)(O)OC[C@H]3O[C@@H](n4ccc(N)nc4=O)[C@H](O)[C@@H]3O)C(=O)O)[C@H](O)[C@H](O)[C@H]2O)[C@H](O)[C@H]1O. The number of thioether (sulfide) groups is 2. The van der Waals surface area contributed by atoms with E-state index in [1.807, 2.05) is 0 Å². The highest BCUT2D eigenvalue weighted by atomic mass is 32.2. The number of ether oxygens (including phenoxy) is 6. The highest BCUT2D eigenvalue weighted by Gasteiger charge is 2.65. The lowest BCUT2D eigenvalue weighted by Gasteiger charge is -2.50. The molecule has 1 aromatic heterocycles. The summed E-state index contributed by atoms with van der Waals surface area (Å²) in [6, 6.07) is -0.561. The zero-order chi connectivity index (χ0) is 52.7. The van der Waals surface area contributed by atoms with Crippen LogP contribution >= 0.6 is 31.3 Å². The molecule has 0 aliphatic carbocycles. The highest BCUT2D eigenvalue weighted by molar-refractivity contribution is 8.00. The minimum atomic E-state index is -5.78. The zero-order valence-corrected chi connectivity index (χ0v) is 40.5. The molecule has 4 aliphatic rings. The van der Waals surface area contributed by atoms with Crippen molar-refractivity contribution in [1.29, 1.82) is 0 Å². The first kappa shape index (κ1) is 59.6. The van der Waals surface area contributed by atoms with Crippen LogP contribution in [0.25, 0.3) is 0 Å². The number of rotatable bonds is 24. The summed E-state index contributed by atoms with van der Waals surface area (Å²) in [5, 5.41) is 138. The molecule has 4 saturated heterocycles. The predicted molar refractivity (Wildman–Crippen MR) is 237 cm³/mol. The van der Waals surface area contributed by atoms with E-state index in [4.69, 9.17) is 43.2 Å². The molecular formula is C38H63N4O26PS2. The van der Waals surface area contributed by atoms with Gasteiger partial charge in [0.2, 0.25) is 5.91 Å². The van der Waals surface area contributed by atoms with E-state index < -0.39 is 173 Å². The number of aliphatic hydroxyl groups excluding tert-OH is 12. The second-order valence-corrected chi connectivity index (χ2v) is 20.7. The number of unbranched alkanes of at least 4 members (excludes halogenated alkanes) is 2. The Bertz CT molecular complexity index is 2000. The Morgan fingerprint density at radius 3 is 2.17 bits per heavy atom. The van der Waals surface area contributed by atoms with E-state index in [0.29, 0.717) is 30.4 Å². The number of carboxylic acids is 1. The molecule has 17 N–H and O–H groups in total. The average Bonchev–Trinajstić information content (AvgIpc) is 3.60. The van der Waals surface area contributed by atoms with E-state index in [1.165, 1.54) is 24.9 Å². The number of carboxylic acid groups (broad SMARTS) is 1. The minimum absolute atomic E-state index is 0.0318. The number of aromatic nitrogens is 2. The first-order valence-electron chi connectivity index (χ1n) is 22.0. The second-order valence-electron chi connectivity index (χ2n) is 16.9. The van der Waals surface area contributed by atoms with Gasteiger partial charge in [0.15, 0.2) is 18.8 Å². The number of nitrogens with one attached hydrogen (secondary N) is 1. The first-order valence-corrected chi connectivity index (χ1v) is 25.7. The lowest BCUT2D eigenvalue weighted by Crippen LogP contribution is -2.73. The smallest absolute Gasteiger partial charge is 0.475 e. The Hall–Kier alpha value is -2.29. The molecule has 1 unspecified atom stereocenters. The van der Waals surface area contributed by atoms with Gasteiger partial charge < -0.3 is 111 Å². The molecule has 1 aromatic rings. The topological polar surface area (TPSA) is 481 Å². The standard InChI is InChI=1S/C38H63N4O26PS2/c1-14(45)40-20-24(50)32(71-9-5-3-4-8-70-13-18-23(49)25(51)28(54)35(65-18)66-30-16(11-44)64-34(61-2)29(55)26(30)52)38(36(56)57,67-31(20)21(47)15(46)10-43)68-69(59,60)62-12-17-22(48)27(53)33(63-17)42-7-6-19(39)41-37(42)58/h6-7,15-18,20-35,43-44,46-55H,3-5,8-13H2,1-2H3,(H,40,45)(H,56,57)(H,59,60)(H2,39,41,58)/t15-,16-,17-,18-,20-,21-,22-,23+,24-,25+,26-,27-,28-,29-,30+,31-,32-,33-,34-,35+,38-/m1/s1. The van der Waals surface area contributed by atoms with Gasteiger partial charge in [-0.25, -0.2) is 18.7 Å². The fourth-order valence-corrected chi connectivity index (χ4v) is 11.7. The van der Waals surface area contributed by atoms with Crippen LogP contribution in [0.1, 0.15) is 32.4 Å². The Balaban J connectivity index is 1.23. The van der Waals surface area contributed by atoms with Crippen LogP contribution < -0.4 is 16.7 Å². The number of amides is 1. The van der Waals surface area contributed by atoms with Gasteiger partial charge in [0.05, 0.1) is 43.3 Å². The summed E-state index contributed by atoms with van der Waals surface area (Å²) >= 11 is 1.88. The van der Waals surface area contributed by atoms with Crippen molar-refractivity contribution in [2.45, 2.75) is 154 Å². The van der Waals surface area contributed by atoms with Crippen LogP contribution in [0.15, 0.2) is 17.1 Å². The highest BCUT2D eigenvalue weighted by Crippen LogP contribution is 2.53. The Morgan fingerprint density at radius 2 is 1.55 bits per heavy atom. The molecule has 71 heavy (non-hydrogen) atoms. The minimum Gasteiger partial charge on any atom is -0.477 e. The maximum atomic E-state index is 13.7. The number of hydrogen-bond donors (Lipinski definition) is 16. The zero-order valence-electron chi connectivity index (χ0n) is 38.0. The number of aliphatic carboxylic acids is 1. The largest absolute Gasteiger partial charge is 0.477 e. The maximum Gasteiger partial charge on any atom is 0.475 e. The summed E-state index contributed by atoms with van der Waals surface area (Å²) in [6.07, 6.45) is -28.7. The van der Waals surface area contributed by atoms with Crippen LogP contribution in [0.4, 0.5) is 5.82 Å². The van der Waals surface area contributed by atoms with Gasteiger partial charge in [-0.05, 0) is 30.4 Å². The summed E-state index contributed by atoms with van der Waals surface area (Å²) in [7, 11) is -4.58. The van der Waals surface area contributed by atoms with E-state index in [1.54, 1.807) is 0 Å². The summed E-state index contributed by atoms with van der Waals surface area (Å²) in [5.74, 6) is -6.25. The molecule has 4 aliphatic heterocycles. The van der Waals surface area contributed by atoms with Crippen LogP contribution in [-0.4, -0.2) is 258 Å². The van der Waals surface area contributed by atoms with Gasteiger partial charge in [0, 0.05) is 26.0 Å². The number of anilines is 1. The van der Waals surface area contributed by atoms with Gasteiger partial charge in [-0.3, -0.25) is 13.9 Å². The summed E-state index contributed by atoms with van der Waals surface area (Å²) in [6.45, 7) is -1.94. The van der Waals surface area contributed by atoms with Crippen molar-refractivity contribution in [3.63, 3.8) is 0 Å². The van der Waals surface area contributed by atoms with E-state index in [-0.39, 0.29) is 23.7 Å². The van der Waals surface area contributed by atoms with Crippen molar-refractivity contribution < 1.29 is 123 Å². The lowest BCUT2D eigenvalue weighted by atomic mass is 9.88. The lowest BCUT2D eigenvalue weighted by molar-refractivity contribution is -0.353. The predicted octanol–water partition coefficient (Wildman–Crippen LogP) is -7.38. The number of hydrogen-bond acceptors (Lipinski definition) is 28. The van der Waals surface area contributed by atoms with Crippen LogP contribution in [-0.2, 0) is 51.6 Å². The number of aliphatic hydroxyl groups is 12. The van der Waals surface area contributed by atoms with Crippen LogP contribution in [0, 0.1) is 0 Å². The molecule has 22 atom stereocenters. The number of nitrogens with two attached hydrogens (primary N) is 1. The number of phosphoric ester groups is 1. The van der Waals surface area contributed by atoms with Crippen LogP contribution in [0.2, 0.25) is 0 Å². The van der Waals surface area contributed by atoms with Gasteiger partial charge in [-0.2, -0.15) is 16.7 Å². The molecular weight excluding hydrogens is 1020 g/mol. The average molecular weight is 1090 g/mol. The molecule has 33 heteroatoms. The maximum absolute atomic E-state index is 13.7. The third-order valence-electron chi connectivity index (χ3n) is 11.9. The third kappa shape index (κ3) is 14.0. The van der Waals surface area contributed by atoms with Gasteiger partial charge in [-0.1, -0.05) is 6.42 Å². The number of carbonyl (C=O) groups is 2. The van der Waals surface area contributed by atoms with Crippen LogP contribution in [0.5, 0.6) is 0 Å². The molecule has 0 aromatic carbocycles. The van der Waals surface area contributed by atoms with Crippen molar-refractivity contribution >= 4 is 49.0 Å². The molecule has 5 heterocycles. The fourth-order valence-electron chi connectivity index (χ4n) is 8.17. The first-order chi connectivity index (χ1) is 33.4. The molecule has 0 bridgehead atoms. The van der Waals surface area contributed by atoms with E-state index in [9.17, 15) is 90.2 Å². The van der Waals surface area contributed by atoms with E-state index >= 15 is 0 Å². The third-order valence-corrected chi connectivity index (χ3v) is 15.5. The quantitative estimate of drug-likeness (QED) is 0.0338. The number of nitrogens with zero attached hydrogens (tertiary/aromatic N) is 2. The van der Waals surface area contributed by atoms with Crippen LogP contribution in [0.3, 0.4) is 0 Å². The molecule has 1 amide bonds. The molecule has 0 radical (unpaired) electrons. The molecule has 0 spiro atoms. The number of nitrogen functional groups attached to an aromatic ring is 1. The second kappa shape index (κ2) is 26.0. The molecule has 408 valence electrons. The fraction of sp³-hybridized carbons (Fsp3) is 0.842. The van der Waals surface area contributed by atoms with Gasteiger partial charge in [0.1, 0.15) is 85.2 Å². The number of phosphoric acid groups is 1. The van der Waals surface area contributed by atoms with Crippen molar-refractivity contribution in [1.82, 2.24) is 14.9 Å². The Morgan fingerprint density at radius 1 is 0.901 bits per heavy atom. The van der Waals surface area contributed by atoms with Crippen molar-refractivity contribution in [2.24, 2.45) is 0 Å². The van der Waals surface area contributed by atoms with Crippen molar-refractivity contribution in [3.05, 3.63) is 22.7 Å². The van der Waals surface area contributed by atoms with Gasteiger partial charge in [-0.15, -0.1) is 11.8 Å². The monoisotopic (exact) mass is 1090 g/mol. The number of carbonyl (C=O) groups excluding carboxylic acids is 1. The summed E-state index contributed by atoms with van der Waals surface area (Å²) < 4.78 is 57.6. The molecule has 4 fully saturated rings. The van der Waals surface area contributed by atoms with Crippen molar-refractivity contribution in [3.8, 4) is 0 Å². The Labute approximate surface area is 412 Å². The summed E-state index contributed by atoms with van der Waals surface area (Å²) in [4.78, 5) is 52.4. The molecule has 0 saturated carbocycles. The van der Waals surface area contributed by atoms with E-state index in [0.717, 1.165) is 17.7 Å². The molecule has 30 nitrogen and oxygen atoms in total. The summed E-state index contributed by atoms with van der Waals surface area (Å²) in [5.41, 5.74) is 4.51. The number of methoxy groups -OCH3 is 1. The normalized spacial score (nSPS) is 39.4. The Kier molecular flexibility index (Phi) is 21.8. The van der Waals surface area contributed by atoms with E-state index in [2.05, 4.69) is 10.3 Å². The van der Waals surface area contributed by atoms with Crippen molar-refractivity contribution in [2.75, 3.05) is 49.9 Å². The molecule has 5 rings (SSSR count). The van der Waals surface area contributed by atoms with Gasteiger partial charge in [0.25, 0.3) is 5.79 Å². The van der Waals surface area contributed by atoms with Gasteiger partial charge >= 0.3 is 19.5 Å².